The number of benzene rings is 1. The first-order chi connectivity index (χ1) is 7.58. The number of hydrogen-bond donors (Lipinski definition) is 1. The molecule has 0 saturated carbocycles. The van der Waals surface area contributed by atoms with Crippen molar-refractivity contribution in [2.45, 2.75) is 29.3 Å². The van der Waals surface area contributed by atoms with Crippen molar-refractivity contribution in [3.63, 3.8) is 0 Å². The van der Waals surface area contributed by atoms with E-state index in [0.717, 1.165) is 4.90 Å². The maximum atomic E-state index is 12.7. The number of rotatable bonds is 2. The topological polar surface area (TPSA) is 46.5 Å². The zero-order chi connectivity index (χ0) is 11.7. The Hall–Kier alpha value is -1.07. The van der Waals surface area contributed by atoms with E-state index in [1.807, 2.05) is 0 Å². The summed E-state index contributed by atoms with van der Waals surface area (Å²) >= 11 is 1.19. The van der Waals surface area contributed by atoms with Gasteiger partial charge in [0.25, 0.3) is 0 Å². The number of halogens is 1. The Bertz CT molecular complexity index is 393. The van der Waals surface area contributed by atoms with Crippen LogP contribution in [-0.4, -0.2) is 28.5 Å². The van der Waals surface area contributed by atoms with Gasteiger partial charge in [0.2, 0.25) is 0 Å². The van der Waals surface area contributed by atoms with Crippen LogP contribution in [0.1, 0.15) is 6.92 Å². The summed E-state index contributed by atoms with van der Waals surface area (Å²) in [6.07, 6.45) is -1.30. The first kappa shape index (κ1) is 11.4. The number of ether oxygens (including phenoxy) is 1. The van der Waals surface area contributed by atoms with Gasteiger partial charge in [-0.05, 0) is 31.2 Å². The lowest BCUT2D eigenvalue weighted by Gasteiger charge is -2.11. The molecule has 2 rings (SSSR count). The molecule has 0 aliphatic carbocycles. The molecule has 0 amide bonds. The number of cyclic esters (lactones) is 1. The number of carbonyl (C=O) groups is 1. The van der Waals surface area contributed by atoms with Crippen LogP contribution in [0.2, 0.25) is 0 Å². The number of esters is 1. The van der Waals surface area contributed by atoms with Crippen molar-refractivity contribution in [2.75, 3.05) is 0 Å². The summed E-state index contributed by atoms with van der Waals surface area (Å²) in [5.41, 5.74) is 0. The van der Waals surface area contributed by atoms with Crippen LogP contribution < -0.4 is 0 Å². The van der Waals surface area contributed by atoms with Gasteiger partial charge < -0.3 is 9.84 Å². The quantitative estimate of drug-likeness (QED) is 0.800. The van der Waals surface area contributed by atoms with Gasteiger partial charge in [-0.3, -0.25) is 4.79 Å². The predicted octanol–water partition coefficient (Wildman–Crippen LogP) is 1.59. The second kappa shape index (κ2) is 4.43. The fourth-order valence-corrected chi connectivity index (χ4v) is 2.58. The highest BCUT2D eigenvalue weighted by atomic mass is 32.2. The highest BCUT2D eigenvalue weighted by Crippen LogP contribution is 2.32. The second-order valence-electron chi connectivity index (χ2n) is 3.62. The third-order valence-electron chi connectivity index (χ3n) is 2.40. The molecular weight excluding hydrogens is 231 g/mol. The van der Waals surface area contributed by atoms with Crippen LogP contribution in [-0.2, 0) is 9.53 Å². The van der Waals surface area contributed by atoms with Gasteiger partial charge in [-0.25, -0.2) is 4.39 Å². The number of carbonyl (C=O) groups excluding carboxylic acids is 1. The van der Waals surface area contributed by atoms with E-state index in [4.69, 9.17) is 4.74 Å². The minimum Gasteiger partial charge on any atom is -0.459 e. The smallest absolute Gasteiger partial charge is 0.322 e. The largest absolute Gasteiger partial charge is 0.459 e. The van der Waals surface area contributed by atoms with E-state index in [1.165, 1.54) is 23.9 Å². The molecule has 5 heteroatoms. The average Bonchev–Trinajstić information content (AvgIpc) is 2.48. The van der Waals surface area contributed by atoms with Crippen LogP contribution in [0.15, 0.2) is 29.2 Å². The highest BCUT2D eigenvalue weighted by Gasteiger charge is 2.41. The minimum absolute atomic E-state index is 0.327. The first-order valence-electron chi connectivity index (χ1n) is 4.89. The molecule has 86 valence electrons. The summed E-state index contributed by atoms with van der Waals surface area (Å²) in [5.74, 6) is -0.749. The van der Waals surface area contributed by atoms with Gasteiger partial charge in [-0.1, -0.05) is 0 Å². The van der Waals surface area contributed by atoms with Crippen LogP contribution in [0.25, 0.3) is 0 Å². The van der Waals surface area contributed by atoms with Crippen LogP contribution in [0.5, 0.6) is 0 Å². The Morgan fingerprint density at radius 2 is 2.00 bits per heavy atom. The van der Waals surface area contributed by atoms with Gasteiger partial charge in [0, 0.05) is 4.90 Å². The van der Waals surface area contributed by atoms with E-state index in [-0.39, 0.29) is 5.82 Å². The van der Waals surface area contributed by atoms with Crippen LogP contribution >= 0.6 is 11.8 Å². The van der Waals surface area contributed by atoms with E-state index in [9.17, 15) is 14.3 Å². The fourth-order valence-electron chi connectivity index (χ4n) is 1.48. The molecule has 1 aliphatic heterocycles. The molecule has 0 aromatic heterocycles. The molecule has 0 spiro atoms. The minimum atomic E-state index is -0.817. The summed E-state index contributed by atoms with van der Waals surface area (Å²) in [7, 11) is 0. The van der Waals surface area contributed by atoms with Crippen LogP contribution in [0.4, 0.5) is 4.39 Å². The van der Waals surface area contributed by atoms with Crippen molar-refractivity contribution in [3.05, 3.63) is 30.1 Å². The van der Waals surface area contributed by atoms with Gasteiger partial charge >= 0.3 is 5.97 Å². The molecular formula is C11H11FO3S. The highest BCUT2D eigenvalue weighted by molar-refractivity contribution is 8.00. The van der Waals surface area contributed by atoms with Crippen molar-refractivity contribution in [3.8, 4) is 0 Å². The molecule has 1 aliphatic rings. The second-order valence-corrected chi connectivity index (χ2v) is 4.84. The van der Waals surface area contributed by atoms with Gasteiger partial charge in [0.15, 0.2) is 0 Å². The normalized spacial score (nSPS) is 29.2. The van der Waals surface area contributed by atoms with Gasteiger partial charge in [-0.2, -0.15) is 0 Å². The third-order valence-corrected chi connectivity index (χ3v) is 3.67. The lowest BCUT2D eigenvalue weighted by atomic mass is 10.2. The Balaban J connectivity index is 2.10. The molecule has 16 heavy (non-hydrogen) atoms. The zero-order valence-electron chi connectivity index (χ0n) is 8.59. The van der Waals surface area contributed by atoms with E-state index < -0.39 is 23.4 Å². The Morgan fingerprint density at radius 1 is 1.38 bits per heavy atom. The third kappa shape index (κ3) is 2.20. The summed E-state index contributed by atoms with van der Waals surface area (Å²) < 4.78 is 17.6. The SMILES string of the molecule is C[C@@H]1OC(=O)[C@@H](Sc2ccc(F)cc2)[C@H]1O. The lowest BCUT2D eigenvalue weighted by Crippen LogP contribution is -2.26. The predicted molar refractivity (Wildman–Crippen MR) is 57.6 cm³/mol. The summed E-state index contributed by atoms with van der Waals surface area (Å²) in [5, 5.41) is 9.08. The van der Waals surface area contributed by atoms with Gasteiger partial charge in [0.05, 0.1) is 0 Å². The standard InChI is InChI=1S/C11H11FO3S/c1-6-9(13)10(11(14)15-6)16-8-4-2-7(12)3-5-8/h2-6,9-10,13H,1H3/t6-,9-,10-/m0/s1. The molecule has 1 fully saturated rings. The lowest BCUT2D eigenvalue weighted by molar-refractivity contribution is -0.140. The monoisotopic (exact) mass is 242 g/mol. The summed E-state index contributed by atoms with van der Waals surface area (Å²) in [6.45, 7) is 1.65. The molecule has 1 heterocycles. The van der Waals surface area contributed by atoms with Gasteiger partial charge in [0.1, 0.15) is 23.3 Å². The molecule has 3 atom stereocenters. The number of aliphatic hydroxyl groups excluding tert-OH is 1. The zero-order valence-corrected chi connectivity index (χ0v) is 9.41. The maximum Gasteiger partial charge on any atom is 0.322 e. The van der Waals surface area contributed by atoms with Crippen LogP contribution in [0.3, 0.4) is 0 Å². The van der Waals surface area contributed by atoms with Crippen molar-refractivity contribution in [2.24, 2.45) is 0 Å². The summed E-state index contributed by atoms with van der Waals surface area (Å²) in [4.78, 5) is 12.1. The van der Waals surface area contributed by atoms with E-state index in [2.05, 4.69) is 0 Å². The fraction of sp³-hybridized carbons (Fsp3) is 0.364. The Morgan fingerprint density at radius 3 is 2.50 bits per heavy atom. The molecule has 0 radical (unpaired) electrons. The molecule has 1 saturated heterocycles. The molecule has 0 bridgehead atoms. The van der Waals surface area contributed by atoms with Crippen molar-refractivity contribution in [1.82, 2.24) is 0 Å². The van der Waals surface area contributed by atoms with E-state index in [0.29, 0.717) is 0 Å². The van der Waals surface area contributed by atoms with Crippen LogP contribution in [0, 0.1) is 5.82 Å². The van der Waals surface area contributed by atoms with Gasteiger partial charge in [-0.15, -0.1) is 11.8 Å². The Labute approximate surface area is 96.6 Å². The molecule has 1 N–H and O–H groups in total. The van der Waals surface area contributed by atoms with Crippen molar-refractivity contribution < 1.29 is 19.0 Å². The number of thioether (sulfide) groups is 1. The van der Waals surface area contributed by atoms with Crippen molar-refractivity contribution in [1.29, 1.82) is 0 Å². The first-order valence-corrected chi connectivity index (χ1v) is 5.76. The summed E-state index contributed by atoms with van der Waals surface area (Å²) in [6, 6.07) is 5.78. The maximum absolute atomic E-state index is 12.7. The average molecular weight is 242 g/mol. The number of hydrogen-bond acceptors (Lipinski definition) is 4. The van der Waals surface area contributed by atoms with E-state index >= 15 is 0 Å². The number of aliphatic hydroxyl groups is 1. The molecule has 3 nitrogen and oxygen atoms in total. The van der Waals surface area contributed by atoms with Crippen molar-refractivity contribution >= 4 is 17.7 Å². The molecule has 1 aromatic carbocycles. The van der Waals surface area contributed by atoms with E-state index in [1.54, 1.807) is 19.1 Å². The molecule has 1 aromatic rings. The Kier molecular flexibility index (Phi) is 3.16. The molecule has 0 unspecified atom stereocenters.